The van der Waals surface area contributed by atoms with Crippen molar-refractivity contribution in [3.8, 4) is 0 Å². The van der Waals surface area contributed by atoms with Crippen molar-refractivity contribution in [3.05, 3.63) is 35.9 Å². The molecule has 0 bridgehead atoms. The predicted octanol–water partition coefficient (Wildman–Crippen LogP) is 0.582. The van der Waals surface area contributed by atoms with Gasteiger partial charge in [-0.05, 0) is 19.4 Å². The summed E-state index contributed by atoms with van der Waals surface area (Å²) in [6.07, 6.45) is 0. The van der Waals surface area contributed by atoms with E-state index >= 15 is 0 Å². The van der Waals surface area contributed by atoms with Crippen molar-refractivity contribution < 1.29 is 14.3 Å². The molecule has 2 amide bonds. The fourth-order valence-corrected chi connectivity index (χ4v) is 1.62. The average Bonchev–Trinajstić information content (AvgIpc) is 2.38. The minimum Gasteiger partial charge on any atom is -0.370 e. The highest BCUT2D eigenvalue weighted by Gasteiger charge is 2.28. The molecule has 0 aliphatic rings. The van der Waals surface area contributed by atoms with Crippen LogP contribution in [0.5, 0.6) is 0 Å². The van der Waals surface area contributed by atoms with Crippen LogP contribution in [0.4, 0.5) is 0 Å². The smallest absolute Gasteiger partial charge is 0.243 e. The van der Waals surface area contributed by atoms with Gasteiger partial charge in [-0.15, -0.1) is 0 Å². The predicted molar refractivity (Wildman–Crippen MR) is 72.5 cm³/mol. The molecule has 104 valence electrons. The molecule has 1 aromatic carbocycles. The van der Waals surface area contributed by atoms with Crippen LogP contribution in [-0.2, 0) is 19.7 Å². The molecule has 0 unspecified atom stereocenters. The molecule has 0 spiro atoms. The number of ether oxygens (including phenoxy) is 1. The van der Waals surface area contributed by atoms with Crippen LogP contribution < -0.4 is 11.1 Å². The van der Waals surface area contributed by atoms with Gasteiger partial charge < -0.3 is 15.8 Å². The number of nitrogens with one attached hydrogen (secondary N) is 1. The molecule has 0 saturated heterocycles. The first-order valence-corrected chi connectivity index (χ1v) is 6.14. The molecule has 1 aromatic rings. The van der Waals surface area contributed by atoms with E-state index in [4.69, 9.17) is 10.5 Å². The fraction of sp³-hybridized carbons (Fsp3) is 0.429. The molecule has 0 aliphatic heterocycles. The number of hydrogen-bond donors (Lipinski definition) is 2. The van der Waals surface area contributed by atoms with Crippen LogP contribution in [0, 0.1) is 0 Å². The van der Waals surface area contributed by atoms with Crippen molar-refractivity contribution in [2.24, 2.45) is 5.73 Å². The minimum atomic E-state index is -0.606. The molecule has 19 heavy (non-hydrogen) atoms. The normalized spacial score (nSPS) is 11.1. The largest absolute Gasteiger partial charge is 0.370 e. The summed E-state index contributed by atoms with van der Waals surface area (Å²) in [4.78, 5) is 22.6. The van der Waals surface area contributed by atoms with Gasteiger partial charge in [-0.25, -0.2) is 0 Å². The number of benzene rings is 1. The summed E-state index contributed by atoms with van der Waals surface area (Å²) in [5, 5.41) is 2.78. The van der Waals surface area contributed by atoms with Crippen molar-refractivity contribution in [2.75, 3.05) is 19.8 Å². The van der Waals surface area contributed by atoms with E-state index in [-0.39, 0.29) is 19.1 Å². The Balaban J connectivity index is 2.42. The maximum atomic E-state index is 12.1. The van der Waals surface area contributed by atoms with Crippen molar-refractivity contribution in [1.29, 1.82) is 0 Å². The van der Waals surface area contributed by atoms with E-state index < -0.39 is 11.3 Å². The Morgan fingerprint density at radius 3 is 2.47 bits per heavy atom. The zero-order chi connectivity index (χ0) is 14.3. The van der Waals surface area contributed by atoms with Gasteiger partial charge in [0.25, 0.3) is 0 Å². The molecular weight excluding hydrogens is 244 g/mol. The van der Waals surface area contributed by atoms with E-state index in [0.29, 0.717) is 6.54 Å². The number of carbonyl (C=O) groups excluding carboxylic acids is 2. The number of primary amides is 1. The van der Waals surface area contributed by atoms with E-state index in [2.05, 4.69) is 5.32 Å². The van der Waals surface area contributed by atoms with Crippen LogP contribution >= 0.6 is 0 Å². The van der Waals surface area contributed by atoms with Crippen LogP contribution in [0.3, 0.4) is 0 Å². The summed E-state index contributed by atoms with van der Waals surface area (Å²) >= 11 is 0. The van der Waals surface area contributed by atoms with Gasteiger partial charge >= 0.3 is 0 Å². The van der Waals surface area contributed by atoms with Crippen molar-refractivity contribution in [1.82, 2.24) is 5.32 Å². The van der Waals surface area contributed by atoms with Gasteiger partial charge in [0.05, 0.1) is 12.0 Å². The summed E-state index contributed by atoms with van der Waals surface area (Å²) in [7, 11) is 0. The molecule has 0 atom stereocenters. The van der Waals surface area contributed by atoms with Crippen molar-refractivity contribution in [3.63, 3.8) is 0 Å². The Kier molecular flexibility index (Phi) is 5.51. The van der Waals surface area contributed by atoms with Crippen LogP contribution in [0.2, 0.25) is 0 Å². The summed E-state index contributed by atoms with van der Waals surface area (Å²) in [6.45, 7) is 4.21. The lowest BCUT2D eigenvalue weighted by Gasteiger charge is -2.24. The van der Waals surface area contributed by atoms with Crippen molar-refractivity contribution in [2.45, 2.75) is 19.3 Å². The lowest BCUT2D eigenvalue weighted by molar-refractivity contribution is -0.126. The molecule has 1 rings (SSSR count). The second-order valence-corrected chi connectivity index (χ2v) is 4.77. The average molecular weight is 264 g/mol. The zero-order valence-electron chi connectivity index (χ0n) is 11.3. The summed E-state index contributed by atoms with van der Waals surface area (Å²) in [6, 6.07) is 9.56. The Morgan fingerprint density at radius 2 is 1.89 bits per heavy atom. The first kappa shape index (κ1) is 15.2. The zero-order valence-corrected chi connectivity index (χ0v) is 11.3. The molecular formula is C14H20N2O3. The maximum absolute atomic E-state index is 12.1. The third-order valence-electron chi connectivity index (χ3n) is 2.84. The van der Waals surface area contributed by atoms with Gasteiger partial charge in [0, 0.05) is 6.54 Å². The lowest BCUT2D eigenvalue weighted by Crippen LogP contribution is -2.41. The van der Waals surface area contributed by atoms with Gasteiger partial charge in [-0.3, -0.25) is 9.59 Å². The van der Waals surface area contributed by atoms with Gasteiger partial charge in [0.1, 0.15) is 6.61 Å². The number of rotatable bonds is 7. The second kappa shape index (κ2) is 6.89. The van der Waals surface area contributed by atoms with Crippen molar-refractivity contribution >= 4 is 11.8 Å². The Labute approximate surface area is 113 Å². The minimum absolute atomic E-state index is 0.0821. The van der Waals surface area contributed by atoms with Gasteiger partial charge in [-0.1, -0.05) is 30.3 Å². The van der Waals surface area contributed by atoms with Gasteiger partial charge in [-0.2, -0.15) is 0 Å². The highest BCUT2D eigenvalue weighted by atomic mass is 16.5. The molecule has 0 fully saturated rings. The number of amides is 2. The fourth-order valence-electron chi connectivity index (χ4n) is 1.62. The maximum Gasteiger partial charge on any atom is 0.243 e. The monoisotopic (exact) mass is 264 g/mol. The molecule has 0 heterocycles. The van der Waals surface area contributed by atoms with Crippen LogP contribution in [0.25, 0.3) is 0 Å². The Bertz CT molecular complexity index is 430. The van der Waals surface area contributed by atoms with E-state index in [1.54, 1.807) is 0 Å². The molecule has 0 radical (unpaired) electrons. The standard InChI is InChI=1S/C14H20N2O3/c1-14(2,11-6-4-3-5-7-11)13(18)16-8-9-19-10-12(15)17/h3-7H,8-10H2,1-2H3,(H2,15,17)(H,16,18). The van der Waals surface area contributed by atoms with Gasteiger partial charge in [0.2, 0.25) is 11.8 Å². The van der Waals surface area contributed by atoms with E-state index in [9.17, 15) is 9.59 Å². The third kappa shape index (κ3) is 4.71. The van der Waals surface area contributed by atoms with Crippen LogP contribution in [-0.4, -0.2) is 31.6 Å². The number of carbonyl (C=O) groups is 2. The molecule has 5 heteroatoms. The molecule has 5 nitrogen and oxygen atoms in total. The highest BCUT2D eigenvalue weighted by molar-refractivity contribution is 5.87. The third-order valence-corrected chi connectivity index (χ3v) is 2.84. The SMILES string of the molecule is CC(C)(C(=O)NCCOCC(N)=O)c1ccccc1. The number of hydrogen-bond acceptors (Lipinski definition) is 3. The van der Waals surface area contributed by atoms with Crippen LogP contribution in [0.1, 0.15) is 19.4 Å². The van der Waals surface area contributed by atoms with E-state index in [0.717, 1.165) is 5.56 Å². The Hall–Kier alpha value is -1.88. The van der Waals surface area contributed by atoms with E-state index in [1.165, 1.54) is 0 Å². The molecule has 0 saturated carbocycles. The summed E-state index contributed by atoms with van der Waals surface area (Å²) in [5.41, 5.74) is 5.27. The molecule has 0 aliphatic carbocycles. The first-order chi connectivity index (χ1) is 8.94. The first-order valence-electron chi connectivity index (χ1n) is 6.14. The number of nitrogens with two attached hydrogens (primary N) is 1. The Morgan fingerprint density at radius 1 is 1.26 bits per heavy atom. The summed E-state index contributed by atoms with van der Waals surface area (Å²) < 4.78 is 4.97. The quantitative estimate of drug-likeness (QED) is 0.707. The lowest BCUT2D eigenvalue weighted by atomic mass is 9.84. The van der Waals surface area contributed by atoms with Gasteiger partial charge in [0.15, 0.2) is 0 Å². The van der Waals surface area contributed by atoms with E-state index in [1.807, 2.05) is 44.2 Å². The topological polar surface area (TPSA) is 81.4 Å². The second-order valence-electron chi connectivity index (χ2n) is 4.77. The van der Waals surface area contributed by atoms with Crippen LogP contribution in [0.15, 0.2) is 30.3 Å². The molecule has 3 N–H and O–H groups in total. The summed E-state index contributed by atoms with van der Waals surface area (Å²) in [5.74, 6) is -0.600. The molecule has 0 aromatic heterocycles. The highest BCUT2D eigenvalue weighted by Crippen LogP contribution is 2.22.